The minimum Gasteiger partial charge on any atom is -0.483 e. The number of likely N-dealkylation sites (N-methyl/N-ethyl adjacent to an activating group) is 1. The highest BCUT2D eigenvalue weighted by Gasteiger charge is 2.30. The molecule has 0 fully saturated rings. The Balaban J connectivity index is 2.07. The van der Waals surface area contributed by atoms with Crippen LogP contribution in [0.25, 0.3) is 11.1 Å². The molecule has 0 aliphatic carbocycles. The Labute approximate surface area is 189 Å². The molecule has 9 heteroatoms. The highest BCUT2D eigenvalue weighted by molar-refractivity contribution is 7.92. The van der Waals surface area contributed by atoms with Crippen LogP contribution in [0.1, 0.15) is 25.8 Å². The number of carbonyl (C=O) groups is 2. The molecule has 0 radical (unpaired) electrons. The number of nitrogens with zero attached hydrogens (tertiary/aromatic N) is 2. The van der Waals surface area contributed by atoms with E-state index >= 15 is 0 Å². The van der Waals surface area contributed by atoms with E-state index in [9.17, 15) is 18.0 Å². The van der Waals surface area contributed by atoms with Crippen LogP contribution >= 0.6 is 0 Å². The first-order valence-corrected chi connectivity index (χ1v) is 12.2. The Kier molecular flexibility index (Phi) is 6.78. The molecule has 1 atom stereocenters. The number of benzene rings is 2. The van der Waals surface area contributed by atoms with E-state index in [2.05, 4.69) is 4.72 Å². The predicted octanol–water partition coefficient (Wildman–Crippen LogP) is 2.88. The molecule has 0 saturated heterocycles. The van der Waals surface area contributed by atoms with Gasteiger partial charge < -0.3 is 14.5 Å². The van der Waals surface area contributed by atoms with Crippen LogP contribution in [-0.4, -0.2) is 58.1 Å². The SMILES string of the molecule is CC(=O)N1c2ccc(-c3ccc(NS(C)(=O)=O)cc3)c(OCC(=O)N(C)C)c2CC[C@@H]1C. The van der Waals surface area contributed by atoms with Crippen molar-refractivity contribution in [3.63, 3.8) is 0 Å². The highest BCUT2D eigenvalue weighted by Crippen LogP contribution is 2.43. The molecule has 1 aliphatic heterocycles. The predicted molar refractivity (Wildman–Crippen MR) is 125 cm³/mol. The molecule has 8 nitrogen and oxygen atoms in total. The van der Waals surface area contributed by atoms with Crippen LogP contribution in [0, 0.1) is 0 Å². The van der Waals surface area contributed by atoms with E-state index < -0.39 is 10.0 Å². The number of hydrogen-bond acceptors (Lipinski definition) is 5. The Morgan fingerprint density at radius 3 is 2.38 bits per heavy atom. The number of hydrogen-bond donors (Lipinski definition) is 1. The van der Waals surface area contributed by atoms with Crippen molar-refractivity contribution in [2.45, 2.75) is 32.7 Å². The first-order chi connectivity index (χ1) is 15.0. The molecule has 0 bridgehead atoms. The fourth-order valence-electron chi connectivity index (χ4n) is 3.87. The Hall–Kier alpha value is -3.07. The zero-order valence-electron chi connectivity index (χ0n) is 19.0. The number of amides is 2. The molecule has 1 heterocycles. The maximum atomic E-state index is 12.3. The van der Waals surface area contributed by atoms with E-state index in [1.54, 1.807) is 50.2 Å². The number of fused-ring (bicyclic) bond motifs is 1. The first kappa shape index (κ1) is 23.6. The second-order valence-electron chi connectivity index (χ2n) is 8.25. The highest BCUT2D eigenvalue weighted by atomic mass is 32.2. The van der Waals surface area contributed by atoms with Gasteiger partial charge in [-0.05, 0) is 49.6 Å². The second-order valence-corrected chi connectivity index (χ2v) is 9.99. The van der Waals surface area contributed by atoms with Crippen LogP contribution < -0.4 is 14.4 Å². The van der Waals surface area contributed by atoms with E-state index in [-0.39, 0.29) is 24.5 Å². The van der Waals surface area contributed by atoms with Crippen molar-refractivity contribution in [2.24, 2.45) is 0 Å². The van der Waals surface area contributed by atoms with Crippen LogP contribution in [0.15, 0.2) is 36.4 Å². The lowest BCUT2D eigenvalue weighted by atomic mass is 9.91. The zero-order chi connectivity index (χ0) is 23.6. The summed E-state index contributed by atoms with van der Waals surface area (Å²) >= 11 is 0. The summed E-state index contributed by atoms with van der Waals surface area (Å²) in [5.41, 5.74) is 3.73. The quantitative estimate of drug-likeness (QED) is 0.717. The molecular formula is C23H29N3O5S. The minimum atomic E-state index is -3.38. The van der Waals surface area contributed by atoms with Gasteiger partial charge in [-0.1, -0.05) is 12.1 Å². The minimum absolute atomic E-state index is 0.0438. The van der Waals surface area contributed by atoms with E-state index in [1.165, 1.54) is 4.90 Å². The second kappa shape index (κ2) is 9.20. The summed E-state index contributed by atoms with van der Waals surface area (Å²) in [5.74, 6) is 0.353. The molecule has 1 N–H and O–H groups in total. The van der Waals surface area contributed by atoms with E-state index in [0.717, 1.165) is 35.1 Å². The first-order valence-electron chi connectivity index (χ1n) is 10.3. The Morgan fingerprint density at radius 1 is 1.16 bits per heavy atom. The van der Waals surface area contributed by atoms with E-state index in [1.807, 2.05) is 19.1 Å². The number of anilines is 2. The summed E-state index contributed by atoms with van der Waals surface area (Å²) in [6, 6.07) is 10.8. The normalized spacial score (nSPS) is 15.7. The van der Waals surface area contributed by atoms with Crippen molar-refractivity contribution >= 4 is 33.2 Å². The summed E-state index contributed by atoms with van der Waals surface area (Å²) in [7, 11) is -0.0422. The van der Waals surface area contributed by atoms with Gasteiger partial charge in [-0.25, -0.2) is 8.42 Å². The fraction of sp³-hybridized carbons (Fsp3) is 0.391. The summed E-state index contributed by atoms with van der Waals surface area (Å²) in [5, 5.41) is 0. The molecule has 1 aliphatic rings. The lowest BCUT2D eigenvalue weighted by Crippen LogP contribution is -2.41. The van der Waals surface area contributed by atoms with Crippen molar-refractivity contribution in [1.29, 1.82) is 0 Å². The fourth-order valence-corrected chi connectivity index (χ4v) is 4.44. The van der Waals surface area contributed by atoms with Gasteiger partial charge in [-0.3, -0.25) is 14.3 Å². The van der Waals surface area contributed by atoms with Crippen molar-refractivity contribution in [2.75, 3.05) is 36.6 Å². The van der Waals surface area contributed by atoms with Crippen LogP contribution in [0.2, 0.25) is 0 Å². The van der Waals surface area contributed by atoms with Crippen LogP contribution in [0.4, 0.5) is 11.4 Å². The lowest BCUT2D eigenvalue weighted by Gasteiger charge is -2.36. The van der Waals surface area contributed by atoms with Crippen LogP contribution in [-0.2, 0) is 26.0 Å². The van der Waals surface area contributed by atoms with E-state index in [0.29, 0.717) is 17.9 Å². The van der Waals surface area contributed by atoms with Gasteiger partial charge in [-0.15, -0.1) is 0 Å². The summed E-state index contributed by atoms with van der Waals surface area (Å²) in [4.78, 5) is 27.7. The molecule has 0 aromatic heterocycles. The molecule has 2 aromatic carbocycles. The zero-order valence-corrected chi connectivity index (χ0v) is 19.8. The van der Waals surface area contributed by atoms with Gasteiger partial charge in [0.15, 0.2) is 6.61 Å². The third kappa shape index (κ3) is 5.21. The summed E-state index contributed by atoms with van der Waals surface area (Å²) < 4.78 is 31.5. The van der Waals surface area contributed by atoms with Gasteiger partial charge >= 0.3 is 0 Å². The van der Waals surface area contributed by atoms with Crippen LogP contribution in [0.3, 0.4) is 0 Å². The number of ether oxygens (including phenoxy) is 1. The van der Waals surface area contributed by atoms with Crippen molar-refractivity contribution in [1.82, 2.24) is 4.90 Å². The molecule has 0 saturated carbocycles. The molecule has 3 rings (SSSR count). The van der Waals surface area contributed by atoms with Crippen LogP contribution in [0.5, 0.6) is 5.75 Å². The standard InChI is InChI=1S/C23H29N3O5S/c1-15-6-11-20-21(26(15)16(2)27)13-12-19(23(20)31-14-22(28)25(3)4)17-7-9-18(10-8-17)24-32(5,29)30/h7-10,12-13,15,24H,6,11,14H2,1-5H3/t15-/m0/s1. The largest absolute Gasteiger partial charge is 0.483 e. The molecule has 0 spiro atoms. The molecule has 172 valence electrons. The maximum Gasteiger partial charge on any atom is 0.259 e. The van der Waals surface area contributed by atoms with Crippen molar-refractivity contribution in [3.05, 3.63) is 42.0 Å². The number of nitrogens with one attached hydrogen (secondary N) is 1. The third-order valence-electron chi connectivity index (χ3n) is 5.43. The Bertz CT molecular complexity index is 1130. The molecule has 2 amide bonds. The van der Waals surface area contributed by atoms with E-state index in [4.69, 9.17) is 4.74 Å². The summed E-state index contributed by atoms with van der Waals surface area (Å²) in [6.45, 7) is 3.44. The number of carbonyl (C=O) groups excluding carboxylic acids is 2. The van der Waals surface area contributed by atoms with Gasteiger partial charge in [0.05, 0.1) is 11.9 Å². The number of rotatable bonds is 6. The lowest BCUT2D eigenvalue weighted by molar-refractivity contribution is -0.130. The van der Waals surface area contributed by atoms with Crippen molar-refractivity contribution < 1.29 is 22.7 Å². The topological polar surface area (TPSA) is 96.0 Å². The molecule has 0 unspecified atom stereocenters. The smallest absolute Gasteiger partial charge is 0.259 e. The monoisotopic (exact) mass is 459 g/mol. The molecular weight excluding hydrogens is 430 g/mol. The Morgan fingerprint density at radius 2 is 1.81 bits per heavy atom. The van der Waals surface area contributed by atoms with Crippen molar-refractivity contribution in [3.8, 4) is 16.9 Å². The average Bonchev–Trinajstić information content (AvgIpc) is 2.70. The summed E-state index contributed by atoms with van der Waals surface area (Å²) in [6.07, 6.45) is 2.60. The van der Waals surface area contributed by atoms with Gasteiger partial charge in [0.2, 0.25) is 15.9 Å². The van der Waals surface area contributed by atoms with Gasteiger partial charge in [0.25, 0.3) is 5.91 Å². The van der Waals surface area contributed by atoms with Gasteiger partial charge in [0.1, 0.15) is 5.75 Å². The van der Waals surface area contributed by atoms with Gasteiger partial charge in [-0.2, -0.15) is 0 Å². The maximum absolute atomic E-state index is 12.3. The molecule has 2 aromatic rings. The average molecular weight is 460 g/mol. The molecule has 32 heavy (non-hydrogen) atoms. The third-order valence-corrected chi connectivity index (χ3v) is 6.03. The van der Waals surface area contributed by atoms with Gasteiger partial charge in [0, 0.05) is 43.9 Å². The number of sulfonamides is 1.